The second-order valence-corrected chi connectivity index (χ2v) is 4.54. The molecule has 0 saturated carbocycles. The first-order valence-electron chi connectivity index (χ1n) is 6.18. The molecule has 8 heteroatoms. The summed E-state index contributed by atoms with van der Waals surface area (Å²) in [5, 5.41) is 15.3. The van der Waals surface area contributed by atoms with Gasteiger partial charge in [-0.2, -0.15) is 4.98 Å². The van der Waals surface area contributed by atoms with Crippen LogP contribution >= 0.6 is 0 Å². The summed E-state index contributed by atoms with van der Waals surface area (Å²) in [6.45, 7) is 3.57. The Bertz CT molecular complexity index is 652. The van der Waals surface area contributed by atoms with E-state index in [1.165, 1.54) is 4.52 Å². The van der Waals surface area contributed by atoms with Crippen molar-refractivity contribution in [2.24, 2.45) is 0 Å². The van der Waals surface area contributed by atoms with Crippen LogP contribution in [0.3, 0.4) is 0 Å². The first-order valence-corrected chi connectivity index (χ1v) is 6.18. The average molecular weight is 277 g/mol. The minimum absolute atomic E-state index is 0.000699. The maximum Gasteiger partial charge on any atom is 0.303 e. The number of aryl methyl sites for hydroxylation is 1. The molecule has 2 aromatic rings. The molecule has 0 radical (unpaired) electrons. The highest BCUT2D eigenvalue weighted by Gasteiger charge is 2.16. The molecule has 1 atom stereocenters. The number of nitrogens with zero attached hydrogens (tertiary/aromatic N) is 4. The largest absolute Gasteiger partial charge is 0.481 e. The van der Waals surface area contributed by atoms with Crippen LogP contribution in [-0.2, 0) is 4.79 Å². The van der Waals surface area contributed by atoms with Crippen molar-refractivity contribution in [3.05, 3.63) is 23.8 Å². The molecule has 0 fully saturated rings. The number of fused-ring (bicyclic) bond motifs is 1. The highest BCUT2D eigenvalue weighted by Crippen LogP contribution is 2.03. The van der Waals surface area contributed by atoms with E-state index >= 15 is 0 Å². The minimum atomic E-state index is -0.892. The second-order valence-electron chi connectivity index (χ2n) is 4.54. The Labute approximate surface area is 114 Å². The molecule has 0 aliphatic carbocycles. The van der Waals surface area contributed by atoms with E-state index in [0.717, 1.165) is 5.69 Å². The van der Waals surface area contributed by atoms with E-state index < -0.39 is 11.9 Å². The molecule has 106 valence electrons. The summed E-state index contributed by atoms with van der Waals surface area (Å²) in [4.78, 5) is 30.5. The molecule has 2 N–H and O–H groups in total. The van der Waals surface area contributed by atoms with Gasteiger partial charge in [-0.25, -0.2) is 9.50 Å². The number of carbonyl (C=O) groups is 2. The van der Waals surface area contributed by atoms with E-state index in [0.29, 0.717) is 12.2 Å². The summed E-state index contributed by atoms with van der Waals surface area (Å²) < 4.78 is 1.48. The molecular formula is C12H15N5O3. The van der Waals surface area contributed by atoms with Crippen molar-refractivity contribution in [3.8, 4) is 0 Å². The number of carboxylic acid groups (broad SMARTS) is 1. The lowest BCUT2D eigenvalue weighted by atomic mass is 10.2. The quantitative estimate of drug-likeness (QED) is 0.819. The topological polar surface area (TPSA) is 109 Å². The van der Waals surface area contributed by atoms with Crippen LogP contribution in [0.1, 0.15) is 36.1 Å². The third kappa shape index (κ3) is 3.08. The van der Waals surface area contributed by atoms with Crippen LogP contribution in [0.4, 0.5) is 0 Å². The molecule has 0 bridgehead atoms. The van der Waals surface area contributed by atoms with Gasteiger partial charge in [0.05, 0.1) is 0 Å². The van der Waals surface area contributed by atoms with Crippen molar-refractivity contribution in [3.63, 3.8) is 0 Å². The lowest BCUT2D eigenvalue weighted by Crippen LogP contribution is -2.33. The highest BCUT2D eigenvalue weighted by atomic mass is 16.4. The summed E-state index contributed by atoms with van der Waals surface area (Å²) in [6.07, 6.45) is 1.95. The van der Waals surface area contributed by atoms with Crippen LogP contribution in [0.2, 0.25) is 0 Å². The third-order valence-corrected chi connectivity index (χ3v) is 2.80. The number of aromatic nitrogens is 4. The van der Waals surface area contributed by atoms with Gasteiger partial charge in [-0.05, 0) is 26.3 Å². The van der Waals surface area contributed by atoms with Crippen LogP contribution in [0.25, 0.3) is 5.78 Å². The zero-order chi connectivity index (χ0) is 14.7. The summed E-state index contributed by atoms with van der Waals surface area (Å²) in [5.74, 6) is -0.952. The minimum Gasteiger partial charge on any atom is -0.481 e. The number of rotatable bonds is 5. The molecule has 2 rings (SSSR count). The van der Waals surface area contributed by atoms with Crippen molar-refractivity contribution in [2.45, 2.75) is 32.7 Å². The normalized spacial score (nSPS) is 12.3. The first kappa shape index (κ1) is 13.9. The van der Waals surface area contributed by atoms with E-state index in [-0.39, 0.29) is 18.3 Å². The third-order valence-electron chi connectivity index (χ3n) is 2.80. The molecule has 0 saturated heterocycles. The van der Waals surface area contributed by atoms with Gasteiger partial charge in [0, 0.05) is 24.4 Å². The molecule has 2 heterocycles. The predicted molar refractivity (Wildman–Crippen MR) is 69.3 cm³/mol. The fourth-order valence-electron chi connectivity index (χ4n) is 1.70. The number of carbonyl (C=O) groups excluding carboxylic acids is 1. The molecular weight excluding hydrogens is 262 g/mol. The Kier molecular flexibility index (Phi) is 3.92. The van der Waals surface area contributed by atoms with Gasteiger partial charge in [0.25, 0.3) is 11.7 Å². The number of hydrogen-bond acceptors (Lipinski definition) is 5. The first-order chi connectivity index (χ1) is 9.47. The maximum absolute atomic E-state index is 12.0. The van der Waals surface area contributed by atoms with E-state index in [2.05, 4.69) is 20.4 Å². The average Bonchev–Trinajstić information content (AvgIpc) is 2.82. The molecule has 1 unspecified atom stereocenters. The van der Waals surface area contributed by atoms with Crippen molar-refractivity contribution < 1.29 is 14.7 Å². The van der Waals surface area contributed by atoms with Gasteiger partial charge in [-0.15, -0.1) is 5.10 Å². The Morgan fingerprint density at radius 3 is 2.90 bits per heavy atom. The molecule has 1 amide bonds. The number of carboxylic acids is 1. The lowest BCUT2D eigenvalue weighted by Gasteiger charge is -2.10. The van der Waals surface area contributed by atoms with E-state index in [9.17, 15) is 9.59 Å². The van der Waals surface area contributed by atoms with Gasteiger partial charge in [-0.3, -0.25) is 9.59 Å². The lowest BCUT2D eigenvalue weighted by molar-refractivity contribution is -0.137. The van der Waals surface area contributed by atoms with Crippen LogP contribution in [0, 0.1) is 6.92 Å². The standard InChI is InChI=1S/C12H15N5O3/c1-7(3-4-9(18)19)14-11(20)10-15-12-13-6-5-8(2)17(12)16-10/h5-7H,3-4H2,1-2H3,(H,14,20)(H,18,19). The van der Waals surface area contributed by atoms with Crippen molar-refractivity contribution in [1.29, 1.82) is 0 Å². The summed E-state index contributed by atoms with van der Waals surface area (Å²) in [6, 6.07) is 1.50. The van der Waals surface area contributed by atoms with Gasteiger partial charge in [0.1, 0.15) is 0 Å². The van der Waals surface area contributed by atoms with Crippen LogP contribution in [0.15, 0.2) is 12.3 Å². The Balaban J connectivity index is 2.07. The number of hydrogen-bond donors (Lipinski definition) is 2. The van der Waals surface area contributed by atoms with Crippen molar-refractivity contribution in [2.75, 3.05) is 0 Å². The smallest absolute Gasteiger partial charge is 0.303 e. The molecule has 0 aliphatic rings. The Hall–Kier alpha value is -2.51. The summed E-state index contributed by atoms with van der Waals surface area (Å²) >= 11 is 0. The van der Waals surface area contributed by atoms with Crippen molar-refractivity contribution >= 4 is 17.7 Å². The Morgan fingerprint density at radius 1 is 1.50 bits per heavy atom. The zero-order valence-corrected chi connectivity index (χ0v) is 11.2. The fourth-order valence-corrected chi connectivity index (χ4v) is 1.70. The van der Waals surface area contributed by atoms with Crippen LogP contribution in [0.5, 0.6) is 0 Å². The second kappa shape index (κ2) is 5.64. The molecule has 0 aromatic carbocycles. The number of amides is 1. The Morgan fingerprint density at radius 2 is 2.25 bits per heavy atom. The molecule has 0 spiro atoms. The van der Waals surface area contributed by atoms with Gasteiger partial charge < -0.3 is 10.4 Å². The fraction of sp³-hybridized carbons (Fsp3) is 0.417. The van der Waals surface area contributed by atoms with Crippen molar-refractivity contribution in [1.82, 2.24) is 24.9 Å². The molecule has 2 aromatic heterocycles. The van der Waals surface area contributed by atoms with Gasteiger partial charge in [0.2, 0.25) is 5.82 Å². The summed E-state index contributed by atoms with van der Waals surface area (Å²) in [5.41, 5.74) is 0.820. The van der Waals surface area contributed by atoms with E-state index in [1.54, 1.807) is 19.2 Å². The van der Waals surface area contributed by atoms with E-state index in [1.807, 2.05) is 6.92 Å². The summed E-state index contributed by atoms with van der Waals surface area (Å²) in [7, 11) is 0. The van der Waals surface area contributed by atoms with Gasteiger partial charge >= 0.3 is 5.97 Å². The monoisotopic (exact) mass is 277 g/mol. The SMILES string of the molecule is Cc1ccnc2nc(C(=O)NC(C)CCC(=O)O)nn12. The molecule has 20 heavy (non-hydrogen) atoms. The maximum atomic E-state index is 12.0. The van der Waals surface area contributed by atoms with Gasteiger partial charge in [0.15, 0.2) is 0 Å². The van der Waals surface area contributed by atoms with Gasteiger partial charge in [-0.1, -0.05) is 0 Å². The predicted octanol–water partition coefficient (Wildman–Crippen LogP) is 0.416. The van der Waals surface area contributed by atoms with Crippen LogP contribution < -0.4 is 5.32 Å². The number of nitrogens with one attached hydrogen (secondary N) is 1. The zero-order valence-electron chi connectivity index (χ0n) is 11.2. The van der Waals surface area contributed by atoms with Crippen LogP contribution in [-0.4, -0.2) is 42.6 Å². The van der Waals surface area contributed by atoms with E-state index in [4.69, 9.17) is 5.11 Å². The number of aliphatic carboxylic acids is 1. The molecule has 8 nitrogen and oxygen atoms in total. The molecule has 0 aliphatic heterocycles. The highest BCUT2D eigenvalue weighted by molar-refractivity contribution is 5.91.